The summed E-state index contributed by atoms with van der Waals surface area (Å²) in [5.41, 5.74) is 1.68. The molecule has 0 radical (unpaired) electrons. The van der Waals surface area contributed by atoms with E-state index in [0.29, 0.717) is 19.3 Å². The molecule has 0 aliphatic carbocycles. The Morgan fingerprint density at radius 1 is 0.900 bits per heavy atom. The number of amides is 1. The summed E-state index contributed by atoms with van der Waals surface area (Å²) in [6, 6.07) is 19.1. The van der Waals surface area contributed by atoms with Gasteiger partial charge in [0.05, 0.1) is 0 Å². The minimum absolute atomic E-state index is 0.00394. The molecule has 20 heavy (non-hydrogen) atoms. The first-order valence-corrected chi connectivity index (χ1v) is 6.69. The predicted molar refractivity (Wildman–Crippen MR) is 79.9 cm³/mol. The lowest BCUT2D eigenvalue weighted by Crippen LogP contribution is -2.25. The average Bonchev–Trinajstić information content (AvgIpc) is 2.50. The lowest BCUT2D eigenvalue weighted by atomic mass is 10.2. The third-order valence-electron chi connectivity index (χ3n) is 2.99. The molecule has 3 nitrogen and oxygen atoms in total. The normalized spacial score (nSPS) is 10.0. The number of anilines is 2. The molecule has 0 saturated carbocycles. The highest BCUT2D eigenvalue weighted by Crippen LogP contribution is 2.26. The van der Waals surface area contributed by atoms with Crippen LogP contribution in [0.2, 0.25) is 0 Å². The Labute approximate surface area is 118 Å². The van der Waals surface area contributed by atoms with Gasteiger partial charge < -0.3 is 4.79 Å². The number of rotatable bonds is 6. The fourth-order valence-electron chi connectivity index (χ4n) is 2.04. The maximum Gasteiger partial charge on any atom is 0.231 e. The maximum atomic E-state index is 12.4. The zero-order valence-electron chi connectivity index (χ0n) is 11.2. The first-order chi connectivity index (χ1) is 9.83. The van der Waals surface area contributed by atoms with Gasteiger partial charge in [-0.1, -0.05) is 36.4 Å². The third kappa shape index (κ3) is 3.54. The van der Waals surface area contributed by atoms with Gasteiger partial charge in [-0.25, -0.2) is 0 Å². The van der Waals surface area contributed by atoms with Crippen molar-refractivity contribution in [1.29, 1.82) is 0 Å². The Morgan fingerprint density at radius 3 is 1.85 bits per heavy atom. The van der Waals surface area contributed by atoms with E-state index in [0.717, 1.165) is 17.7 Å². The van der Waals surface area contributed by atoms with E-state index in [4.69, 9.17) is 0 Å². The number of hydrogen-bond donors (Lipinski definition) is 0. The summed E-state index contributed by atoms with van der Waals surface area (Å²) < 4.78 is 0. The van der Waals surface area contributed by atoms with Crippen LogP contribution in [0.3, 0.4) is 0 Å². The van der Waals surface area contributed by atoms with Crippen molar-refractivity contribution in [3.8, 4) is 0 Å². The van der Waals surface area contributed by atoms with E-state index in [1.165, 1.54) is 0 Å². The van der Waals surface area contributed by atoms with Crippen LogP contribution in [0.15, 0.2) is 60.7 Å². The topological polar surface area (TPSA) is 37.4 Å². The molecule has 0 spiro atoms. The summed E-state index contributed by atoms with van der Waals surface area (Å²) in [7, 11) is 0. The van der Waals surface area contributed by atoms with Crippen LogP contribution in [0.25, 0.3) is 0 Å². The molecular formula is C17H17NO2. The minimum atomic E-state index is 0.00394. The number of carbonyl (C=O) groups is 2. The van der Waals surface area contributed by atoms with Gasteiger partial charge in [-0.05, 0) is 30.7 Å². The van der Waals surface area contributed by atoms with Crippen LogP contribution < -0.4 is 4.90 Å². The van der Waals surface area contributed by atoms with E-state index >= 15 is 0 Å². The minimum Gasteiger partial charge on any atom is -0.303 e. The van der Waals surface area contributed by atoms with Gasteiger partial charge in [-0.15, -0.1) is 0 Å². The van der Waals surface area contributed by atoms with Gasteiger partial charge in [0.2, 0.25) is 5.91 Å². The lowest BCUT2D eigenvalue weighted by molar-refractivity contribution is -0.118. The van der Waals surface area contributed by atoms with Gasteiger partial charge in [-0.3, -0.25) is 9.69 Å². The molecule has 2 rings (SSSR count). The molecule has 0 N–H and O–H groups in total. The average molecular weight is 267 g/mol. The van der Waals surface area contributed by atoms with E-state index < -0.39 is 0 Å². The van der Waals surface area contributed by atoms with Crippen LogP contribution in [-0.4, -0.2) is 12.2 Å². The van der Waals surface area contributed by atoms with Gasteiger partial charge in [0, 0.05) is 24.2 Å². The first-order valence-electron chi connectivity index (χ1n) is 6.69. The molecule has 102 valence electrons. The Bertz CT molecular complexity index is 512. The highest BCUT2D eigenvalue weighted by molar-refractivity contribution is 6.00. The molecule has 2 aromatic rings. The van der Waals surface area contributed by atoms with Crippen molar-refractivity contribution in [3.05, 3.63) is 60.7 Å². The number of unbranched alkanes of at least 4 members (excludes halogenated alkanes) is 1. The smallest absolute Gasteiger partial charge is 0.231 e. The van der Waals surface area contributed by atoms with Crippen molar-refractivity contribution in [1.82, 2.24) is 0 Å². The second-order valence-electron chi connectivity index (χ2n) is 4.46. The summed E-state index contributed by atoms with van der Waals surface area (Å²) in [6.07, 6.45) is 2.22. The molecule has 0 atom stereocenters. The maximum absolute atomic E-state index is 12.4. The molecule has 0 heterocycles. The first kappa shape index (κ1) is 14.0. The van der Waals surface area contributed by atoms with Crippen molar-refractivity contribution < 1.29 is 9.59 Å². The number of nitrogens with zero attached hydrogens (tertiary/aromatic N) is 1. The fourth-order valence-corrected chi connectivity index (χ4v) is 2.04. The van der Waals surface area contributed by atoms with Crippen LogP contribution in [0.1, 0.15) is 19.3 Å². The molecule has 3 heteroatoms. The van der Waals surface area contributed by atoms with Gasteiger partial charge in [-0.2, -0.15) is 0 Å². The highest BCUT2D eigenvalue weighted by atomic mass is 16.2. The standard InChI is InChI=1S/C17H17NO2/c19-14-8-7-13-17(20)18(15-9-3-1-4-10-15)16-11-5-2-6-12-16/h1-6,9-12,14H,7-8,13H2. The van der Waals surface area contributed by atoms with E-state index in [9.17, 15) is 9.59 Å². The van der Waals surface area contributed by atoms with Crippen molar-refractivity contribution in [3.63, 3.8) is 0 Å². The number of aldehydes is 1. The highest BCUT2D eigenvalue weighted by Gasteiger charge is 2.16. The fraction of sp³-hybridized carbons (Fsp3) is 0.176. The molecule has 1 amide bonds. The molecular weight excluding hydrogens is 250 g/mol. The van der Waals surface area contributed by atoms with Crippen LogP contribution in [0, 0.1) is 0 Å². The van der Waals surface area contributed by atoms with Crippen molar-refractivity contribution in [2.45, 2.75) is 19.3 Å². The molecule has 0 bridgehead atoms. The zero-order valence-corrected chi connectivity index (χ0v) is 11.2. The Morgan fingerprint density at radius 2 is 1.40 bits per heavy atom. The van der Waals surface area contributed by atoms with Gasteiger partial charge in [0.25, 0.3) is 0 Å². The Hall–Kier alpha value is -2.42. The van der Waals surface area contributed by atoms with E-state index in [1.807, 2.05) is 60.7 Å². The molecule has 0 aromatic heterocycles. The van der Waals surface area contributed by atoms with Gasteiger partial charge in [0.15, 0.2) is 0 Å². The Kier molecular flexibility index (Phi) is 5.07. The summed E-state index contributed by atoms with van der Waals surface area (Å²) in [6.45, 7) is 0. The van der Waals surface area contributed by atoms with Gasteiger partial charge >= 0.3 is 0 Å². The van der Waals surface area contributed by atoms with Crippen LogP contribution >= 0.6 is 0 Å². The van der Waals surface area contributed by atoms with Crippen molar-refractivity contribution >= 4 is 23.6 Å². The van der Waals surface area contributed by atoms with Crippen LogP contribution in [-0.2, 0) is 9.59 Å². The van der Waals surface area contributed by atoms with E-state index in [-0.39, 0.29) is 5.91 Å². The molecule has 0 unspecified atom stereocenters. The summed E-state index contributed by atoms with van der Waals surface area (Å²) >= 11 is 0. The van der Waals surface area contributed by atoms with Crippen LogP contribution in [0.5, 0.6) is 0 Å². The van der Waals surface area contributed by atoms with Gasteiger partial charge in [0.1, 0.15) is 6.29 Å². The lowest BCUT2D eigenvalue weighted by Gasteiger charge is -2.23. The van der Waals surface area contributed by atoms with Crippen molar-refractivity contribution in [2.75, 3.05) is 4.90 Å². The number of hydrogen-bond acceptors (Lipinski definition) is 2. The molecule has 0 aliphatic heterocycles. The molecule has 0 aliphatic rings. The quantitative estimate of drug-likeness (QED) is 0.591. The predicted octanol–water partition coefficient (Wildman–Crippen LogP) is 3.72. The molecule has 0 saturated heterocycles. The molecule has 0 fully saturated rings. The summed E-state index contributed by atoms with van der Waals surface area (Å²) in [4.78, 5) is 24.5. The summed E-state index contributed by atoms with van der Waals surface area (Å²) in [5.74, 6) is 0.00394. The second-order valence-corrected chi connectivity index (χ2v) is 4.46. The number of carbonyl (C=O) groups excluding carboxylic acids is 2. The number of para-hydroxylation sites is 2. The third-order valence-corrected chi connectivity index (χ3v) is 2.99. The monoisotopic (exact) mass is 267 g/mol. The zero-order chi connectivity index (χ0) is 14.2. The Balaban J connectivity index is 2.25. The second kappa shape index (κ2) is 7.24. The van der Waals surface area contributed by atoms with E-state index in [2.05, 4.69) is 0 Å². The van der Waals surface area contributed by atoms with Crippen molar-refractivity contribution in [2.24, 2.45) is 0 Å². The SMILES string of the molecule is O=CCCCC(=O)N(c1ccccc1)c1ccccc1. The van der Waals surface area contributed by atoms with Crippen LogP contribution in [0.4, 0.5) is 11.4 Å². The largest absolute Gasteiger partial charge is 0.303 e. The van der Waals surface area contributed by atoms with E-state index in [1.54, 1.807) is 4.90 Å². The summed E-state index contributed by atoms with van der Waals surface area (Å²) in [5, 5.41) is 0. The number of benzene rings is 2. The molecule has 2 aromatic carbocycles.